The molecular weight excluding hydrogens is 148 g/mol. The van der Waals surface area contributed by atoms with Crippen molar-refractivity contribution in [3.8, 4) is 0 Å². The molecule has 1 saturated heterocycles. The van der Waals surface area contributed by atoms with Crippen molar-refractivity contribution in [3.63, 3.8) is 0 Å². The molecule has 0 radical (unpaired) electrons. The fraction of sp³-hybridized carbons (Fsp3) is 0.714. The Morgan fingerprint density at radius 3 is 3.20 bits per heavy atom. The lowest BCUT2D eigenvalue weighted by Gasteiger charge is -1.93. The van der Waals surface area contributed by atoms with Crippen LogP contribution in [-0.4, -0.2) is 31.3 Å². The zero-order valence-corrected chi connectivity index (χ0v) is 6.89. The standard InChI is InChI=1S/C7H12O2S/c1-10-4-2-3-8-5-7-6-9-7/h2-3,7H,4-6H2,1H3/b3-2+. The molecule has 1 rings (SSSR count). The molecule has 0 N–H and O–H groups in total. The van der Waals surface area contributed by atoms with E-state index in [1.807, 2.05) is 6.08 Å². The largest absolute Gasteiger partial charge is 0.499 e. The summed E-state index contributed by atoms with van der Waals surface area (Å²) >= 11 is 1.78. The van der Waals surface area contributed by atoms with E-state index in [0.717, 1.165) is 12.4 Å². The molecule has 0 aliphatic carbocycles. The zero-order chi connectivity index (χ0) is 7.23. The van der Waals surface area contributed by atoms with Crippen LogP contribution in [0.4, 0.5) is 0 Å². The summed E-state index contributed by atoms with van der Waals surface area (Å²) in [5.74, 6) is 1.02. The molecule has 0 spiro atoms. The molecule has 3 heteroatoms. The molecule has 0 aromatic carbocycles. The predicted molar refractivity (Wildman–Crippen MR) is 43.2 cm³/mol. The monoisotopic (exact) mass is 160 g/mol. The molecular formula is C7H12O2S. The highest BCUT2D eigenvalue weighted by Crippen LogP contribution is 2.08. The van der Waals surface area contributed by atoms with E-state index in [9.17, 15) is 0 Å². The van der Waals surface area contributed by atoms with Gasteiger partial charge in [0.05, 0.1) is 12.9 Å². The second kappa shape index (κ2) is 4.63. The Bertz CT molecular complexity index is 110. The number of hydrogen-bond donors (Lipinski definition) is 0. The third-order valence-electron chi connectivity index (χ3n) is 1.14. The summed E-state index contributed by atoms with van der Waals surface area (Å²) in [6.45, 7) is 1.58. The Hall–Kier alpha value is -0.150. The van der Waals surface area contributed by atoms with Gasteiger partial charge < -0.3 is 9.47 Å². The summed E-state index contributed by atoms with van der Waals surface area (Å²) in [4.78, 5) is 0. The first-order valence-corrected chi connectivity index (χ1v) is 4.70. The molecule has 1 aliphatic heterocycles. The topological polar surface area (TPSA) is 21.8 Å². The molecule has 10 heavy (non-hydrogen) atoms. The number of epoxide rings is 1. The first kappa shape index (κ1) is 7.95. The fourth-order valence-electron chi connectivity index (χ4n) is 0.531. The maximum absolute atomic E-state index is 5.14. The molecule has 1 fully saturated rings. The van der Waals surface area contributed by atoms with Gasteiger partial charge in [0.1, 0.15) is 12.7 Å². The van der Waals surface area contributed by atoms with Gasteiger partial charge in [-0.25, -0.2) is 0 Å². The molecule has 0 aromatic rings. The van der Waals surface area contributed by atoms with Gasteiger partial charge in [-0.1, -0.05) is 0 Å². The average molecular weight is 160 g/mol. The van der Waals surface area contributed by atoms with Crippen LogP contribution >= 0.6 is 11.8 Å². The van der Waals surface area contributed by atoms with Crippen molar-refractivity contribution in [2.45, 2.75) is 6.10 Å². The van der Waals surface area contributed by atoms with Crippen LogP contribution in [0.15, 0.2) is 12.3 Å². The van der Waals surface area contributed by atoms with Crippen molar-refractivity contribution < 1.29 is 9.47 Å². The molecule has 0 amide bonds. The van der Waals surface area contributed by atoms with Gasteiger partial charge in [-0.2, -0.15) is 11.8 Å². The van der Waals surface area contributed by atoms with Gasteiger partial charge in [0, 0.05) is 5.75 Å². The van der Waals surface area contributed by atoms with E-state index in [1.54, 1.807) is 18.0 Å². The van der Waals surface area contributed by atoms with Gasteiger partial charge in [-0.15, -0.1) is 0 Å². The SMILES string of the molecule is CSC/C=C/OCC1CO1. The van der Waals surface area contributed by atoms with Crippen LogP contribution in [0.3, 0.4) is 0 Å². The van der Waals surface area contributed by atoms with Crippen LogP contribution in [-0.2, 0) is 9.47 Å². The summed E-state index contributed by atoms with van der Waals surface area (Å²) in [7, 11) is 0. The normalized spacial score (nSPS) is 23.5. The molecule has 58 valence electrons. The average Bonchev–Trinajstić information content (AvgIpc) is 2.71. The minimum absolute atomic E-state index is 0.374. The van der Waals surface area contributed by atoms with Gasteiger partial charge in [-0.3, -0.25) is 0 Å². The molecule has 0 bridgehead atoms. The molecule has 1 unspecified atom stereocenters. The van der Waals surface area contributed by atoms with E-state index in [0.29, 0.717) is 12.7 Å². The Morgan fingerprint density at radius 2 is 2.60 bits per heavy atom. The van der Waals surface area contributed by atoms with Crippen molar-refractivity contribution in [2.75, 3.05) is 25.2 Å². The maximum atomic E-state index is 5.14. The molecule has 0 aromatic heterocycles. The highest BCUT2D eigenvalue weighted by Gasteiger charge is 2.22. The van der Waals surface area contributed by atoms with Gasteiger partial charge in [-0.05, 0) is 12.3 Å². The Balaban J connectivity index is 1.83. The number of hydrogen-bond acceptors (Lipinski definition) is 3. The third-order valence-corrected chi connectivity index (χ3v) is 1.67. The summed E-state index contributed by atoms with van der Waals surface area (Å²) in [5, 5.41) is 0. The Kier molecular flexibility index (Phi) is 3.68. The van der Waals surface area contributed by atoms with Gasteiger partial charge in [0.25, 0.3) is 0 Å². The summed E-state index contributed by atoms with van der Waals surface area (Å²) in [6.07, 6.45) is 6.19. The molecule has 2 nitrogen and oxygen atoms in total. The van der Waals surface area contributed by atoms with E-state index in [-0.39, 0.29) is 0 Å². The van der Waals surface area contributed by atoms with Crippen LogP contribution in [0.25, 0.3) is 0 Å². The minimum atomic E-state index is 0.374. The minimum Gasteiger partial charge on any atom is -0.499 e. The maximum Gasteiger partial charge on any atom is 0.116 e. The molecule has 1 heterocycles. The highest BCUT2D eigenvalue weighted by molar-refractivity contribution is 7.98. The van der Waals surface area contributed by atoms with Crippen LogP contribution < -0.4 is 0 Å². The van der Waals surface area contributed by atoms with Crippen molar-refractivity contribution in [1.29, 1.82) is 0 Å². The van der Waals surface area contributed by atoms with Gasteiger partial charge in [0.15, 0.2) is 0 Å². The fourth-order valence-corrected chi connectivity index (χ4v) is 0.802. The highest BCUT2D eigenvalue weighted by atomic mass is 32.2. The van der Waals surface area contributed by atoms with E-state index < -0.39 is 0 Å². The van der Waals surface area contributed by atoms with Crippen molar-refractivity contribution in [2.24, 2.45) is 0 Å². The zero-order valence-electron chi connectivity index (χ0n) is 6.08. The predicted octanol–water partition coefficient (Wildman–Crippen LogP) is 1.28. The van der Waals surface area contributed by atoms with Crippen molar-refractivity contribution >= 4 is 11.8 Å². The third kappa shape index (κ3) is 3.80. The number of thioether (sulfide) groups is 1. The van der Waals surface area contributed by atoms with E-state index >= 15 is 0 Å². The van der Waals surface area contributed by atoms with E-state index in [1.165, 1.54) is 0 Å². The number of ether oxygens (including phenoxy) is 2. The summed E-state index contributed by atoms with van der Waals surface area (Å²) in [6, 6.07) is 0. The lowest BCUT2D eigenvalue weighted by molar-refractivity contribution is 0.212. The second-order valence-corrected chi connectivity index (χ2v) is 3.03. The summed E-state index contributed by atoms with van der Waals surface area (Å²) < 4.78 is 10.1. The Labute approximate surface area is 65.6 Å². The lowest BCUT2D eigenvalue weighted by Crippen LogP contribution is -1.95. The van der Waals surface area contributed by atoms with E-state index in [4.69, 9.17) is 9.47 Å². The smallest absolute Gasteiger partial charge is 0.116 e. The van der Waals surface area contributed by atoms with Crippen LogP contribution in [0.2, 0.25) is 0 Å². The second-order valence-electron chi connectivity index (χ2n) is 2.12. The van der Waals surface area contributed by atoms with Crippen LogP contribution in [0.1, 0.15) is 0 Å². The first-order valence-electron chi connectivity index (χ1n) is 3.30. The van der Waals surface area contributed by atoms with Crippen LogP contribution in [0, 0.1) is 0 Å². The van der Waals surface area contributed by atoms with Gasteiger partial charge >= 0.3 is 0 Å². The lowest BCUT2D eigenvalue weighted by atomic mass is 10.5. The number of rotatable bonds is 5. The van der Waals surface area contributed by atoms with Gasteiger partial charge in [0.2, 0.25) is 0 Å². The Morgan fingerprint density at radius 1 is 1.80 bits per heavy atom. The molecule has 1 atom stereocenters. The van der Waals surface area contributed by atoms with Crippen molar-refractivity contribution in [1.82, 2.24) is 0 Å². The van der Waals surface area contributed by atoms with Crippen molar-refractivity contribution in [3.05, 3.63) is 12.3 Å². The van der Waals surface area contributed by atoms with Crippen LogP contribution in [0.5, 0.6) is 0 Å². The molecule has 1 aliphatic rings. The summed E-state index contributed by atoms with van der Waals surface area (Å²) in [5.41, 5.74) is 0. The quantitative estimate of drug-likeness (QED) is 0.446. The first-order chi connectivity index (χ1) is 4.93. The molecule has 0 saturated carbocycles. The van der Waals surface area contributed by atoms with E-state index in [2.05, 4.69) is 6.26 Å².